The molecule has 0 saturated carbocycles. The van der Waals surface area contributed by atoms with Gasteiger partial charge in [-0.1, -0.05) is 11.6 Å². The molecule has 2 aromatic heterocycles. The summed E-state index contributed by atoms with van der Waals surface area (Å²) in [6.45, 7) is 0. The molecule has 3 aromatic rings. The van der Waals surface area contributed by atoms with Gasteiger partial charge in [0.25, 0.3) is 5.91 Å². The van der Waals surface area contributed by atoms with Crippen molar-refractivity contribution in [2.24, 2.45) is 0 Å². The summed E-state index contributed by atoms with van der Waals surface area (Å²) in [5.41, 5.74) is 3.08. The summed E-state index contributed by atoms with van der Waals surface area (Å²) >= 11 is 5.95. The predicted molar refractivity (Wildman–Crippen MR) is 94.9 cm³/mol. The summed E-state index contributed by atoms with van der Waals surface area (Å²) in [5, 5.41) is 0.624. The van der Waals surface area contributed by atoms with Crippen LogP contribution in [0, 0.1) is 0 Å². The Hall–Kier alpha value is -2.98. The van der Waals surface area contributed by atoms with Gasteiger partial charge in [0, 0.05) is 29.2 Å². The molecule has 0 radical (unpaired) electrons. The molecule has 4 nitrogen and oxygen atoms in total. The molecule has 116 valence electrons. The van der Waals surface area contributed by atoms with Crippen LogP contribution >= 0.6 is 11.6 Å². The van der Waals surface area contributed by atoms with Crippen LogP contribution in [0.3, 0.4) is 0 Å². The van der Waals surface area contributed by atoms with Crippen molar-refractivity contribution in [1.82, 2.24) is 9.97 Å². The number of carbonyl (C=O) groups is 1. The van der Waals surface area contributed by atoms with Crippen LogP contribution in [0.1, 0.15) is 11.1 Å². The second-order valence-corrected chi connectivity index (χ2v) is 5.77. The summed E-state index contributed by atoms with van der Waals surface area (Å²) < 4.78 is 0. The molecule has 0 saturated heterocycles. The first-order valence-electron chi connectivity index (χ1n) is 7.41. The standard InChI is InChI=1S/C19H12ClN3O/c20-14-3-5-15(6-4-14)23-18-16(2-1-9-22-18)17(19(23)24)12-13-7-10-21-11-8-13/h1-12H/b17-12+. The number of pyridine rings is 2. The zero-order valence-electron chi connectivity index (χ0n) is 12.6. The number of aromatic nitrogens is 2. The minimum atomic E-state index is -0.108. The number of nitrogens with zero attached hydrogens (tertiary/aromatic N) is 3. The molecule has 5 heteroatoms. The number of amides is 1. The average Bonchev–Trinajstić information content (AvgIpc) is 2.89. The fourth-order valence-corrected chi connectivity index (χ4v) is 2.84. The second kappa shape index (κ2) is 5.91. The number of benzene rings is 1. The highest BCUT2D eigenvalue weighted by Crippen LogP contribution is 2.40. The van der Waals surface area contributed by atoms with E-state index in [2.05, 4.69) is 9.97 Å². The molecule has 0 N–H and O–H groups in total. The molecule has 0 unspecified atom stereocenters. The molecule has 4 rings (SSSR count). The Morgan fingerprint density at radius 3 is 2.46 bits per heavy atom. The van der Waals surface area contributed by atoms with Crippen LogP contribution in [0.2, 0.25) is 5.02 Å². The largest absolute Gasteiger partial charge is 0.268 e. The van der Waals surface area contributed by atoms with E-state index in [0.717, 1.165) is 16.8 Å². The van der Waals surface area contributed by atoms with E-state index in [9.17, 15) is 4.79 Å². The third-order valence-electron chi connectivity index (χ3n) is 3.82. The monoisotopic (exact) mass is 333 g/mol. The van der Waals surface area contributed by atoms with Gasteiger partial charge in [-0.25, -0.2) is 4.98 Å². The number of anilines is 2. The van der Waals surface area contributed by atoms with Crippen LogP contribution in [0.4, 0.5) is 11.5 Å². The van der Waals surface area contributed by atoms with Crippen molar-refractivity contribution in [1.29, 1.82) is 0 Å². The maximum absolute atomic E-state index is 13.0. The smallest absolute Gasteiger partial charge is 0.264 e. The number of halogens is 1. The number of rotatable bonds is 2. The normalized spacial score (nSPS) is 15.0. The second-order valence-electron chi connectivity index (χ2n) is 5.33. The number of carbonyl (C=O) groups excluding carboxylic acids is 1. The maximum atomic E-state index is 13.0. The topological polar surface area (TPSA) is 46.1 Å². The lowest BCUT2D eigenvalue weighted by Gasteiger charge is -2.15. The summed E-state index contributed by atoms with van der Waals surface area (Å²) in [7, 11) is 0. The number of hydrogen-bond donors (Lipinski definition) is 0. The first-order chi connectivity index (χ1) is 11.7. The minimum Gasteiger partial charge on any atom is -0.268 e. The molecule has 0 spiro atoms. The van der Waals surface area contributed by atoms with E-state index in [4.69, 9.17) is 11.6 Å². The van der Waals surface area contributed by atoms with Gasteiger partial charge in [0.15, 0.2) is 0 Å². The highest BCUT2D eigenvalue weighted by molar-refractivity contribution is 6.37. The summed E-state index contributed by atoms with van der Waals surface area (Å²) in [6, 6.07) is 14.6. The van der Waals surface area contributed by atoms with Crippen molar-refractivity contribution in [2.75, 3.05) is 4.90 Å². The van der Waals surface area contributed by atoms with Crippen LogP contribution in [-0.4, -0.2) is 15.9 Å². The van der Waals surface area contributed by atoms with Crippen LogP contribution in [0.15, 0.2) is 67.1 Å². The Morgan fingerprint density at radius 1 is 0.958 bits per heavy atom. The predicted octanol–water partition coefficient (Wildman–Crippen LogP) is 4.35. The quantitative estimate of drug-likeness (QED) is 0.655. The van der Waals surface area contributed by atoms with Gasteiger partial charge in [-0.05, 0) is 60.2 Å². The Bertz CT molecular complexity index is 936. The highest BCUT2D eigenvalue weighted by atomic mass is 35.5. The number of fused-ring (bicyclic) bond motifs is 1. The van der Waals surface area contributed by atoms with Gasteiger partial charge in [-0.3, -0.25) is 14.7 Å². The molecule has 0 atom stereocenters. The minimum absolute atomic E-state index is 0.108. The van der Waals surface area contributed by atoms with Crippen molar-refractivity contribution in [3.63, 3.8) is 0 Å². The van der Waals surface area contributed by atoms with Crippen molar-refractivity contribution in [3.05, 3.63) is 83.3 Å². The van der Waals surface area contributed by atoms with E-state index in [1.807, 2.05) is 42.5 Å². The zero-order chi connectivity index (χ0) is 16.5. The first kappa shape index (κ1) is 14.6. The molecule has 0 bridgehead atoms. The van der Waals surface area contributed by atoms with Gasteiger partial charge in [0.05, 0.1) is 11.3 Å². The van der Waals surface area contributed by atoms with E-state index in [-0.39, 0.29) is 5.91 Å². The van der Waals surface area contributed by atoms with Crippen molar-refractivity contribution < 1.29 is 4.79 Å². The van der Waals surface area contributed by atoms with Gasteiger partial charge in [-0.2, -0.15) is 0 Å². The van der Waals surface area contributed by atoms with Crippen molar-refractivity contribution in [3.8, 4) is 0 Å². The zero-order valence-corrected chi connectivity index (χ0v) is 13.3. The van der Waals surface area contributed by atoms with E-state index in [1.165, 1.54) is 0 Å². The van der Waals surface area contributed by atoms with E-state index >= 15 is 0 Å². The Morgan fingerprint density at radius 2 is 1.71 bits per heavy atom. The van der Waals surface area contributed by atoms with Crippen LogP contribution in [0.5, 0.6) is 0 Å². The van der Waals surface area contributed by atoms with Crippen molar-refractivity contribution >= 4 is 40.7 Å². The Kier molecular flexibility index (Phi) is 3.59. The average molecular weight is 334 g/mol. The van der Waals surface area contributed by atoms with Gasteiger partial charge in [0.2, 0.25) is 0 Å². The fraction of sp³-hybridized carbons (Fsp3) is 0. The highest BCUT2D eigenvalue weighted by Gasteiger charge is 2.34. The first-order valence-corrected chi connectivity index (χ1v) is 7.79. The molecule has 1 aliphatic rings. The molecule has 0 fully saturated rings. The van der Waals surface area contributed by atoms with Gasteiger partial charge in [0.1, 0.15) is 5.82 Å². The lowest BCUT2D eigenvalue weighted by molar-refractivity contribution is -0.112. The third-order valence-corrected chi connectivity index (χ3v) is 4.08. The Labute approximate surface area is 144 Å². The molecule has 1 aromatic carbocycles. The molecule has 3 heterocycles. The molecule has 24 heavy (non-hydrogen) atoms. The Balaban J connectivity index is 1.86. The van der Waals surface area contributed by atoms with E-state index < -0.39 is 0 Å². The molecule has 0 aliphatic carbocycles. The molecule has 1 aliphatic heterocycles. The molecular weight excluding hydrogens is 322 g/mol. The summed E-state index contributed by atoms with van der Waals surface area (Å²) in [6.07, 6.45) is 6.95. The van der Waals surface area contributed by atoms with Gasteiger partial charge in [-0.15, -0.1) is 0 Å². The molecule has 1 amide bonds. The number of hydrogen-bond acceptors (Lipinski definition) is 3. The lowest BCUT2D eigenvalue weighted by atomic mass is 10.1. The van der Waals surface area contributed by atoms with Crippen LogP contribution < -0.4 is 4.90 Å². The maximum Gasteiger partial charge on any atom is 0.264 e. The van der Waals surface area contributed by atoms with Crippen LogP contribution in [0.25, 0.3) is 11.6 Å². The lowest BCUT2D eigenvalue weighted by Crippen LogP contribution is -2.21. The van der Waals surface area contributed by atoms with Gasteiger partial charge < -0.3 is 0 Å². The SMILES string of the molecule is O=C1/C(=C/c2ccncc2)c2cccnc2N1c1ccc(Cl)cc1. The third kappa shape index (κ3) is 2.47. The fourth-order valence-electron chi connectivity index (χ4n) is 2.71. The van der Waals surface area contributed by atoms with E-state index in [0.29, 0.717) is 16.4 Å². The van der Waals surface area contributed by atoms with Crippen LogP contribution in [-0.2, 0) is 4.79 Å². The van der Waals surface area contributed by atoms with E-state index in [1.54, 1.807) is 35.6 Å². The summed E-state index contributed by atoms with van der Waals surface area (Å²) in [4.78, 5) is 23.0. The summed E-state index contributed by atoms with van der Waals surface area (Å²) in [5.74, 6) is 0.521. The van der Waals surface area contributed by atoms with Crippen molar-refractivity contribution in [2.45, 2.75) is 0 Å². The molecular formula is C19H12ClN3O. The van der Waals surface area contributed by atoms with Gasteiger partial charge >= 0.3 is 0 Å².